The van der Waals surface area contributed by atoms with Crippen molar-refractivity contribution in [2.45, 2.75) is 20.8 Å². The minimum absolute atomic E-state index is 0.0123. The highest BCUT2D eigenvalue weighted by Gasteiger charge is 2.33. The van der Waals surface area contributed by atoms with E-state index in [1.165, 1.54) is 0 Å². The molecule has 5 nitrogen and oxygen atoms in total. The van der Waals surface area contributed by atoms with Gasteiger partial charge in [0.2, 0.25) is 5.91 Å². The van der Waals surface area contributed by atoms with Gasteiger partial charge in [-0.1, -0.05) is 0 Å². The van der Waals surface area contributed by atoms with Crippen LogP contribution in [0, 0.1) is 5.41 Å². The van der Waals surface area contributed by atoms with Crippen LogP contribution in [0.5, 0.6) is 5.75 Å². The normalized spacial score (nSPS) is 15.3. The van der Waals surface area contributed by atoms with E-state index in [0.717, 1.165) is 5.75 Å². The lowest BCUT2D eigenvalue weighted by Gasteiger charge is -2.38. The average Bonchev–Trinajstić information content (AvgIpc) is 2.61. The Morgan fingerprint density at radius 3 is 2.12 bits per heavy atom. The summed E-state index contributed by atoms with van der Waals surface area (Å²) in [5.74, 6) is 1.08. The Bertz CT molecular complexity index is 578. The molecule has 0 aliphatic carbocycles. The first kappa shape index (κ1) is 18.6. The molecule has 1 aromatic carbocycles. The molecule has 2 amide bonds. The van der Waals surface area contributed by atoms with Gasteiger partial charge in [-0.05, 0) is 45.0 Å². The Labute approximate surface area is 148 Å². The first-order valence-electron chi connectivity index (χ1n) is 8.26. The number of carbonyl (C=O) groups excluding carboxylic acids is 2. The predicted octanol–water partition coefficient (Wildman–Crippen LogP) is 2.63. The Morgan fingerprint density at radius 2 is 1.62 bits per heavy atom. The molecular formula is C18H25ClN2O3. The summed E-state index contributed by atoms with van der Waals surface area (Å²) in [5, 5.41) is 0. The monoisotopic (exact) mass is 352 g/mol. The molecule has 1 heterocycles. The van der Waals surface area contributed by atoms with Gasteiger partial charge in [0, 0.05) is 37.6 Å². The van der Waals surface area contributed by atoms with Crippen molar-refractivity contribution >= 4 is 23.4 Å². The average molecular weight is 353 g/mol. The topological polar surface area (TPSA) is 49.9 Å². The van der Waals surface area contributed by atoms with Crippen molar-refractivity contribution in [1.29, 1.82) is 0 Å². The maximum absolute atomic E-state index is 12.6. The van der Waals surface area contributed by atoms with Crippen molar-refractivity contribution in [2.75, 3.05) is 38.7 Å². The minimum atomic E-state index is -0.567. The number of alkyl halides is 1. The first-order chi connectivity index (χ1) is 11.4. The van der Waals surface area contributed by atoms with Crippen LogP contribution in [0.4, 0.5) is 0 Å². The molecule has 0 aromatic heterocycles. The molecule has 1 fully saturated rings. The summed E-state index contributed by atoms with van der Waals surface area (Å²) in [5.41, 5.74) is 0.0716. The fourth-order valence-corrected chi connectivity index (χ4v) is 2.76. The molecule has 0 radical (unpaired) electrons. The predicted molar refractivity (Wildman–Crippen MR) is 94.6 cm³/mol. The second-order valence-electron chi connectivity index (χ2n) is 6.56. The molecule has 6 heteroatoms. The van der Waals surface area contributed by atoms with Gasteiger partial charge in [-0.25, -0.2) is 0 Å². The molecule has 1 aliphatic heterocycles. The van der Waals surface area contributed by atoms with Gasteiger partial charge in [-0.15, -0.1) is 11.6 Å². The largest absolute Gasteiger partial charge is 0.494 e. The van der Waals surface area contributed by atoms with Crippen LogP contribution >= 0.6 is 11.6 Å². The highest BCUT2D eigenvalue weighted by Crippen LogP contribution is 2.22. The molecule has 0 spiro atoms. The molecule has 24 heavy (non-hydrogen) atoms. The van der Waals surface area contributed by atoms with Crippen LogP contribution in [0.15, 0.2) is 24.3 Å². The summed E-state index contributed by atoms with van der Waals surface area (Å²) in [7, 11) is 0. The zero-order valence-corrected chi connectivity index (χ0v) is 15.3. The van der Waals surface area contributed by atoms with Crippen LogP contribution in [0.2, 0.25) is 0 Å². The SMILES string of the molecule is CCOc1ccc(C(=O)N2CCN(C(=O)C(C)(C)CCl)CC2)cc1. The summed E-state index contributed by atoms with van der Waals surface area (Å²) in [6.07, 6.45) is 0. The van der Waals surface area contributed by atoms with E-state index in [-0.39, 0.29) is 17.7 Å². The Hall–Kier alpha value is -1.75. The summed E-state index contributed by atoms with van der Waals surface area (Å²) in [6, 6.07) is 7.17. The molecule has 0 N–H and O–H groups in total. The fraction of sp³-hybridized carbons (Fsp3) is 0.556. The van der Waals surface area contributed by atoms with E-state index in [9.17, 15) is 9.59 Å². The van der Waals surface area contributed by atoms with Gasteiger partial charge in [-0.2, -0.15) is 0 Å². The number of benzene rings is 1. The summed E-state index contributed by atoms with van der Waals surface area (Å²) < 4.78 is 5.39. The fourth-order valence-electron chi connectivity index (χ4n) is 2.64. The number of rotatable bonds is 5. The maximum Gasteiger partial charge on any atom is 0.253 e. The van der Waals surface area contributed by atoms with E-state index < -0.39 is 5.41 Å². The maximum atomic E-state index is 12.6. The summed E-state index contributed by atoms with van der Waals surface area (Å²) in [4.78, 5) is 28.6. The van der Waals surface area contributed by atoms with Gasteiger partial charge in [0.25, 0.3) is 5.91 Å². The highest BCUT2D eigenvalue weighted by molar-refractivity contribution is 6.19. The van der Waals surface area contributed by atoms with Gasteiger partial charge < -0.3 is 14.5 Å². The molecule has 132 valence electrons. The number of ether oxygens (including phenoxy) is 1. The number of hydrogen-bond acceptors (Lipinski definition) is 3. The van der Waals surface area contributed by atoms with E-state index in [1.807, 2.05) is 20.8 Å². The second-order valence-corrected chi connectivity index (χ2v) is 6.83. The van der Waals surface area contributed by atoms with E-state index in [2.05, 4.69) is 0 Å². The van der Waals surface area contributed by atoms with Crippen molar-refractivity contribution in [3.05, 3.63) is 29.8 Å². The quantitative estimate of drug-likeness (QED) is 0.765. The molecular weight excluding hydrogens is 328 g/mol. The molecule has 0 saturated carbocycles. The van der Waals surface area contributed by atoms with Crippen molar-refractivity contribution in [1.82, 2.24) is 9.80 Å². The lowest BCUT2D eigenvalue weighted by Crippen LogP contribution is -2.53. The van der Waals surface area contributed by atoms with Crippen molar-refractivity contribution in [2.24, 2.45) is 5.41 Å². The molecule has 1 saturated heterocycles. The zero-order valence-electron chi connectivity index (χ0n) is 14.5. The van der Waals surface area contributed by atoms with Crippen LogP contribution in [0.25, 0.3) is 0 Å². The van der Waals surface area contributed by atoms with Gasteiger partial charge in [-0.3, -0.25) is 9.59 Å². The third-order valence-electron chi connectivity index (χ3n) is 4.18. The molecule has 1 aliphatic rings. The summed E-state index contributed by atoms with van der Waals surface area (Å²) >= 11 is 5.88. The van der Waals surface area contributed by atoms with E-state index in [1.54, 1.807) is 34.1 Å². The summed E-state index contributed by atoms with van der Waals surface area (Å²) in [6.45, 7) is 8.38. The molecule has 0 atom stereocenters. The Morgan fingerprint density at radius 1 is 1.08 bits per heavy atom. The Kier molecular flexibility index (Phi) is 6.10. The van der Waals surface area contributed by atoms with Crippen LogP contribution in [0.1, 0.15) is 31.1 Å². The van der Waals surface area contributed by atoms with Gasteiger partial charge in [0.15, 0.2) is 0 Å². The van der Waals surface area contributed by atoms with Crippen LogP contribution in [-0.4, -0.2) is 60.3 Å². The van der Waals surface area contributed by atoms with Gasteiger partial charge in [0.05, 0.1) is 12.0 Å². The lowest BCUT2D eigenvalue weighted by molar-refractivity contribution is -0.140. The zero-order chi connectivity index (χ0) is 17.7. The molecule has 0 bridgehead atoms. The number of carbonyl (C=O) groups is 2. The number of piperazine rings is 1. The van der Waals surface area contributed by atoms with E-state index in [0.29, 0.717) is 38.3 Å². The highest BCUT2D eigenvalue weighted by atomic mass is 35.5. The van der Waals surface area contributed by atoms with Crippen LogP contribution in [0.3, 0.4) is 0 Å². The smallest absolute Gasteiger partial charge is 0.253 e. The lowest BCUT2D eigenvalue weighted by atomic mass is 9.94. The third kappa shape index (κ3) is 4.20. The van der Waals surface area contributed by atoms with Gasteiger partial charge in [0.1, 0.15) is 5.75 Å². The Balaban J connectivity index is 1.94. The number of halogens is 1. The third-order valence-corrected chi connectivity index (χ3v) is 4.85. The number of nitrogens with zero attached hydrogens (tertiary/aromatic N) is 2. The minimum Gasteiger partial charge on any atom is -0.494 e. The van der Waals surface area contributed by atoms with E-state index in [4.69, 9.17) is 16.3 Å². The van der Waals surface area contributed by atoms with Crippen LogP contribution in [-0.2, 0) is 4.79 Å². The van der Waals surface area contributed by atoms with Crippen LogP contribution < -0.4 is 4.74 Å². The molecule has 1 aromatic rings. The van der Waals surface area contributed by atoms with Crippen molar-refractivity contribution in [3.63, 3.8) is 0 Å². The molecule has 0 unspecified atom stereocenters. The van der Waals surface area contributed by atoms with E-state index >= 15 is 0 Å². The van der Waals surface area contributed by atoms with Crippen molar-refractivity contribution in [3.8, 4) is 5.75 Å². The standard InChI is InChI=1S/C18H25ClN2O3/c1-4-24-15-7-5-14(6-8-15)16(22)20-9-11-21(12-10-20)17(23)18(2,3)13-19/h5-8H,4,9-13H2,1-3H3. The van der Waals surface area contributed by atoms with Crippen molar-refractivity contribution < 1.29 is 14.3 Å². The van der Waals surface area contributed by atoms with Gasteiger partial charge >= 0.3 is 0 Å². The number of amides is 2. The molecule has 2 rings (SSSR count). The number of hydrogen-bond donors (Lipinski definition) is 0. The first-order valence-corrected chi connectivity index (χ1v) is 8.80. The second kappa shape index (κ2) is 7.88.